The van der Waals surface area contributed by atoms with Crippen molar-refractivity contribution in [1.82, 2.24) is 15.1 Å². The molecule has 2 amide bonds. The lowest BCUT2D eigenvalue weighted by Crippen LogP contribution is -2.50. The number of ether oxygens (including phenoxy) is 1. The monoisotopic (exact) mass is 648 g/mol. The Bertz CT molecular complexity index is 1550. The summed E-state index contributed by atoms with van der Waals surface area (Å²) in [5.41, 5.74) is 4.01. The predicted octanol–water partition coefficient (Wildman–Crippen LogP) is 7.71. The predicted molar refractivity (Wildman–Crippen MR) is 193 cm³/mol. The van der Waals surface area contributed by atoms with Crippen LogP contribution in [0.2, 0.25) is 0 Å². The van der Waals surface area contributed by atoms with Crippen LogP contribution in [0.1, 0.15) is 76.9 Å². The minimum atomic E-state index is -0.333. The van der Waals surface area contributed by atoms with Crippen LogP contribution in [0.3, 0.4) is 0 Å². The number of rotatable bonds is 13. The molecular formula is C39H44N4O3S. The molecule has 0 aliphatic carbocycles. The maximum atomic E-state index is 13.8. The normalized spacial score (nSPS) is 13.3. The van der Waals surface area contributed by atoms with E-state index in [0.717, 1.165) is 31.7 Å². The molecule has 0 bridgehead atoms. The van der Waals surface area contributed by atoms with Crippen LogP contribution in [0.5, 0.6) is 5.75 Å². The maximum Gasteiger partial charge on any atom is 0.257 e. The average molecular weight is 649 g/mol. The topological polar surface area (TPSA) is 73.9 Å². The Balaban J connectivity index is 1.15. The fourth-order valence-corrected chi connectivity index (χ4v) is 6.15. The summed E-state index contributed by atoms with van der Waals surface area (Å²) < 4.78 is 5.82. The second-order valence-electron chi connectivity index (χ2n) is 11.8. The van der Waals surface area contributed by atoms with Crippen molar-refractivity contribution >= 4 is 34.8 Å². The molecule has 5 rings (SSSR count). The molecule has 1 aliphatic heterocycles. The van der Waals surface area contributed by atoms with Crippen LogP contribution in [-0.2, 0) is 0 Å². The molecule has 0 radical (unpaired) electrons. The second kappa shape index (κ2) is 17.4. The summed E-state index contributed by atoms with van der Waals surface area (Å²) in [7, 11) is 0. The van der Waals surface area contributed by atoms with Crippen molar-refractivity contribution in [2.24, 2.45) is 0 Å². The maximum absolute atomic E-state index is 13.8. The van der Waals surface area contributed by atoms with Gasteiger partial charge >= 0.3 is 0 Å². The molecule has 0 atom stereocenters. The first-order valence-corrected chi connectivity index (χ1v) is 17.0. The molecule has 8 heteroatoms. The summed E-state index contributed by atoms with van der Waals surface area (Å²) >= 11 is 5.48. The highest BCUT2D eigenvalue weighted by Crippen LogP contribution is 2.30. The zero-order chi connectivity index (χ0) is 32.8. The van der Waals surface area contributed by atoms with Gasteiger partial charge in [0.2, 0.25) is 0 Å². The fraction of sp³-hybridized carbons (Fsp3) is 0.308. The van der Waals surface area contributed by atoms with E-state index in [1.807, 2.05) is 29.2 Å². The van der Waals surface area contributed by atoms with Gasteiger partial charge in [-0.2, -0.15) is 0 Å². The van der Waals surface area contributed by atoms with Crippen molar-refractivity contribution in [3.63, 3.8) is 0 Å². The number of benzene rings is 4. The molecule has 47 heavy (non-hydrogen) atoms. The number of piperazine rings is 1. The molecule has 1 fully saturated rings. The Labute approximate surface area is 283 Å². The fourth-order valence-electron chi connectivity index (χ4n) is 5.94. The van der Waals surface area contributed by atoms with E-state index >= 15 is 0 Å². The van der Waals surface area contributed by atoms with E-state index in [-0.39, 0.29) is 23.0 Å². The summed E-state index contributed by atoms with van der Waals surface area (Å²) in [5.74, 6) is 0.334. The quantitative estimate of drug-likeness (QED) is 0.114. The van der Waals surface area contributed by atoms with E-state index in [2.05, 4.69) is 71.0 Å². The lowest BCUT2D eigenvalue weighted by Gasteiger charge is -2.40. The third-order valence-corrected chi connectivity index (χ3v) is 8.67. The molecule has 0 aromatic heterocycles. The first-order chi connectivity index (χ1) is 23.0. The summed E-state index contributed by atoms with van der Waals surface area (Å²) in [6, 6.07) is 35.5. The van der Waals surface area contributed by atoms with E-state index in [4.69, 9.17) is 17.0 Å². The first-order valence-electron chi connectivity index (χ1n) is 16.6. The largest absolute Gasteiger partial charge is 0.494 e. The van der Waals surface area contributed by atoms with Crippen molar-refractivity contribution in [3.8, 4) is 5.75 Å². The van der Waals surface area contributed by atoms with Crippen molar-refractivity contribution in [3.05, 3.63) is 131 Å². The van der Waals surface area contributed by atoms with Crippen LogP contribution in [0.4, 0.5) is 5.69 Å². The highest BCUT2D eigenvalue weighted by molar-refractivity contribution is 7.80. The molecule has 4 aromatic rings. The number of carbonyl (C=O) groups excluding carboxylic acids is 2. The Kier molecular flexibility index (Phi) is 12.5. The number of thiocarbonyl (C=S) groups is 1. The smallest absolute Gasteiger partial charge is 0.257 e. The molecule has 1 heterocycles. The van der Waals surface area contributed by atoms with Crippen molar-refractivity contribution in [2.45, 2.75) is 45.1 Å². The Hall–Kier alpha value is -4.53. The molecule has 0 saturated carbocycles. The van der Waals surface area contributed by atoms with E-state index < -0.39 is 0 Å². The van der Waals surface area contributed by atoms with Gasteiger partial charge in [0.15, 0.2) is 5.11 Å². The molecule has 1 saturated heterocycles. The van der Waals surface area contributed by atoms with Gasteiger partial charge in [0, 0.05) is 31.7 Å². The Morgan fingerprint density at radius 1 is 0.745 bits per heavy atom. The molecule has 4 aromatic carbocycles. The number of nitrogens with one attached hydrogen (secondary N) is 2. The van der Waals surface area contributed by atoms with Crippen LogP contribution >= 0.6 is 12.2 Å². The van der Waals surface area contributed by atoms with Gasteiger partial charge in [-0.15, -0.1) is 0 Å². The summed E-state index contributed by atoms with van der Waals surface area (Å²) in [6.07, 6.45) is 5.88. The lowest BCUT2D eigenvalue weighted by molar-refractivity contribution is 0.0598. The van der Waals surface area contributed by atoms with E-state index in [0.29, 0.717) is 36.5 Å². The third-order valence-electron chi connectivity index (χ3n) is 8.46. The van der Waals surface area contributed by atoms with Gasteiger partial charge in [0.1, 0.15) is 5.75 Å². The number of carbonyl (C=O) groups is 2. The zero-order valence-corrected chi connectivity index (χ0v) is 27.9. The molecular weight excluding hydrogens is 605 g/mol. The van der Waals surface area contributed by atoms with Gasteiger partial charge in [-0.3, -0.25) is 19.8 Å². The first kappa shape index (κ1) is 33.8. The number of hydrogen-bond acceptors (Lipinski definition) is 5. The number of para-hydroxylation sites is 1. The van der Waals surface area contributed by atoms with Crippen LogP contribution < -0.4 is 15.4 Å². The van der Waals surface area contributed by atoms with Crippen LogP contribution in [0.25, 0.3) is 0 Å². The van der Waals surface area contributed by atoms with Crippen molar-refractivity contribution in [2.75, 3.05) is 38.1 Å². The average Bonchev–Trinajstić information content (AvgIpc) is 3.11. The molecule has 7 nitrogen and oxygen atoms in total. The summed E-state index contributed by atoms with van der Waals surface area (Å²) in [4.78, 5) is 31.0. The minimum absolute atomic E-state index is 0.0706. The van der Waals surface area contributed by atoms with Crippen LogP contribution in [0.15, 0.2) is 109 Å². The molecule has 1 aliphatic rings. The SMILES string of the molecule is CCCCCCCOc1ccc(C(=O)NC(=S)Nc2ccccc2C(=O)N2CCN(C(c3ccccc3)c3ccccc3)CC2)cc1. The second-order valence-corrected chi connectivity index (χ2v) is 12.2. The molecule has 2 N–H and O–H groups in total. The minimum Gasteiger partial charge on any atom is -0.494 e. The summed E-state index contributed by atoms with van der Waals surface area (Å²) in [6.45, 7) is 5.56. The van der Waals surface area contributed by atoms with E-state index in [1.54, 1.807) is 36.4 Å². The molecule has 0 unspecified atom stereocenters. The number of amides is 2. The van der Waals surface area contributed by atoms with Gasteiger partial charge in [0.05, 0.1) is 23.9 Å². The van der Waals surface area contributed by atoms with Gasteiger partial charge in [-0.25, -0.2) is 0 Å². The van der Waals surface area contributed by atoms with Crippen molar-refractivity contribution < 1.29 is 14.3 Å². The van der Waals surface area contributed by atoms with E-state index in [1.165, 1.54) is 30.4 Å². The number of anilines is 1. The van der Waals surface area contributed by atoms with Crippen LogP contribution in [0, 0.1) is 0 Å². The number of unbranched alkanes of at least 4 members (excludes halogenated alkanes) is 4. The lowest BCUT2D eigenvalue weighted by atomic mass is 9.96. The third kappa shape index (κ3) is 9.50. The van der Waals surface area contributed by atoms with E-state index in [9.17, 15) is 9.59 Å². The van der Waals surface area contributed by atoms with Gasteiger partial charge in [-0.05, 0) is 66.2 Å². The summed E-state index contributed by atoms with van der Waals surface area (Å²) in [5, 5.41) is 5.94. The highest BCUT2D eigenvalue weighted by atomic mass is 32.1. The Morgan fingerprint density at radius 2 is 1.34 bits per heavy atom. The standard InChI is InChI=1S/C39H44N4O3S/c1-2-3-4-5-14-29-46-33-23-21-32(22-24-33)37(44)41-39(47)40-35-20-13-12-19-34(35)38(45)43-27-25-42(26-28-43)36(30-15-8-6-9-16-30)31-17-10-7-11-18-31/h6-13,15-24,36H,2-5,14,25-29H2,1H3,(H2,40,41,44,47). The van der Waals surface area contributed by atoms with Gasteiger partial charge in [0.25, 0.3) is 11.8 Å². The molecule has 244 valence electrons. The van der Waals surface area contributed by atoms with Gasteiger partial charge < -0.3 is 15.0 Å². The zero-order valence-electron chi connectivity index (χ0n) is 27.1. The Morgan fingerprint density at radius 3 is 1.98 bits per heavy atom. The van der Waals surface area contributed by atoms with Crippen molar-refractivity contribution in [1.29, 1.82) is 0 Å². The number of nitrogens with zero attached hydrogens (tertiary/aromatic N) is 2. The number of hydrogen-bond donors (Lipinski definition) is 2. The highest BCUT2D eigenvalue weighted by Gasteiger charge is 2.29. The molecule has 0 spiro atoms. The van der Waals surface area contributed by atoms with Gasteiger partial charge in [-0.1, -0.05) is 105 Å². The van der Waals surface area contributed by atoms with Crippen LogP contribution in [-0.4, -0.2) is 59.5 Å².